The van der Waals surface area contributed by atoms with Gasteiger partial charge < -0.3 is 9.84 Å². The number of hydrogen-bond acceptors (Lipinski definition) is 5. The van der Waals surface area contributed by atoms with Crippen LogP contribution in [-0.2, 0) is 4.74 Å². The molecule has 0 amide bonds. The second-order valence-corrected chi connectivity index (χ2v) is 2.43. The predicted octanol–water partition coefficient (Wildman–Crippen LogP) is -0.560. The van der Waals surface area contributed by atoms with E-state index in [0.717, 1.165) is 14.2 Å². The molecular weight excluding hydrogens is 217 g/mol. The molecule has 9 heteroatoms. The Hall–Kier alpha value is -1.06. The topological polar surface area (TPSA) is 69.1 Å². The Labute approximate surface area is 84.7 Å². The van der Waals surface area contributed by atoms with E-state index >= 15 is 0 Å². The largest absolute Gasteiger partial charge is 0.452 e. The first-order valence-corrected chi connectivity index (χ1v) is 3.85. The summed E-state index contributed by atoms with van der Waals surface area (Å²) < 4.78 is 41.3. The van der Waals surface area contributed by atoms with Crippen LogP contribution in [0.4, 0.5) is 13.2 Å². The Bertz CT molecular complexity index is 221. The Morgan fingerprint density at radius 3 is 2.40 bits per heavy atom. The van der Waals surface area contributed by atoms with Gasteiger partial charge >= 0.3 is 6.18 Å². The molecule has 15 heavy (non-hydrogen) atoms. The fraction of sp³-hybridized carbons (Fsp3) is 0.833. The highest BCUT2D eigenvalue weighted by atomic mass is 19.4. The number of nitrogens with one attached hydrogen (secondary N) is 2. The number of aliphatic hydroxyl groups is 1. The van der Waals surface area contributed by atoms with Gasteiger partial charge in [0.25, 0.3) is 0 Å². The Morgan fingerprint density at radius 2 is 2.07 bits per heavy atom. The van der Waals surface area contributed by atoms with E-state index in [1.54, 1.807) is 5.43 Å². The smallest absolute Gasteiger partial charge is 0.350 e. The van der Waals surface area contributed by atoms with Crippen LogP contribution >= 0.6 is 0 Å². The number of aliphatic hydroxyl groups excluding tert-OH is 1. The molecule has 0 heterocycles. The lowest BCUT2D eigenvalue weighted by Gasteiger charge is -2.21. The maximum absolute atomic E-state index is 12.3. The zero-order valence-electron chi connectivity index (χ0n) is 8.46. The van der Waals surface area contributed by atoms with E-state index in [4.69, 9.17) is 5.11 Å². The molecule has 6 nitrogen and oxygen atoms in total. The van der Waals surface area contributed by atoms with Gasteiger partial charge in [-0.15, -0.1) is 0 Å². The van der Waals surface area contributed by atoms with Crippen molar-refractivity contribution in [3.63, 3.8) is 0 Å². The lowest BCUT2D eigenvalue weighted by atomic mass is 10.5. The van der Waals surface area contributed by atoms with Gasteiger partial charge in [-0.3, -0.25) is 10.4 Å². The molecule has 0 aliphatic heterocycles. The molecule has 0 fully saturated rings. The number of rotatable bonds is 4. The minimum absolute atomic E-state index is 0.648. The normalized spacial score (nSPS) is 15.0. The lowest BCUT2D eigenvalue weighted by molar-refractivity contribution is -0.0993. The standard InChI is InChI=1S/C6H13F3N4O2/c1-10-13(2)4(6(7,8)9)11-12-5(14)15-3/h5,10,12,14H,1-3H3. The van der Waals surface area contributed by atoms with Crippen molar-refractivity contribution in [3.8, 4) is 0 Å². The van der Waals surface area contributed by atoms with Gasteiger partial charge in [0.1, 0.15) is 0 Å². The summed E-state index contributed by atoms with van der Waals surface area (Å²) in [6, 6.07) is 0. The number of nitrogens with zero attached hydrogens (tertiary/aromatic N) is 2. The molecule has 0 aromatic carbocycles. The average molecular weight is 230 g/mol. The molecule has 0 spiro atoms. The van der Waals surface area contributed by atoms with Gasteiger partial charge in [-0.1, -0.05) is 0 Å². The highest BCUT2D eigenvalue weighted by Gasteiger charge is 2.39. The van der Waals surface area contributed by atoms with Gasteiger partial charge in [0, 0.05) is 21.2 Å². The number of hydrazine groups is 1. The van der Waals surface area contributed by atoms with Crippen molar-refractivity contribution in [2.75, 3.05) is 21.2 Å². The zero-order valence-corrected chi connectivity index (χ0v) is 8.46. The minimum Gasteiger partial charge on any atom is -0.350 e. The van der Waals surface area contributed by atoms with Crippen molar-refractivity contribution in [2.24, 2.45) is 5.10 Å². The van der Waals surface area contributed by atoms with E-state index < -0.39 is 18.4 Å². The summed E-state index contributed by atoms with van der Waals surface area (Å²) in [6.07, 6.45) is -6.23. The monoisotopic (exact) mass is 230 g/mol. The Morgan fingerprint density at radius 1 is 1.53 bits per heavy atom. The molecule has 0 aromatic heterocycles. The minimum atomic E-state index is -4.64. The SMILES string of the molecule is CNN(C)C(=NNC(O)OC)C(F)(F)F. The van der Waals surface area contributed by atoms with Gasteiger partial charge in [0.05, 0.1) is 0 Å². The number of halogens is 3. The molecule has 0 rings (SSSR count). The first-order valence-electron chi connectivity index (χ1n) is 3.85. The molecule has 0 aliphatic carbocycles. The number of alkyl halides is 3. The van der Waals surface area contributed by atoms with Crippen LogP contribution in [-0.4, -0.2) is 49.7 Å². The molecule has 90 valence electrons. The van der Waals surface area contributed by atoms with Crippen LogP contribution in [0.3, 0.4) is 0 Å². The fourth-order valence-electron chi connectivity index (χ4n) is 0.604. The van der Waals surface area contributed by atoms with Gasteiger partial charge in [-0.05, 0) is 0 Å². The number of hydrogen-bond donors (Lipinski definition) is 3. The third-order valence-electron chi connectivity index (χ3n) is 1.41. The van der Waals surface area contributed by atoms with Crippen molar-refractivity contribution in [1.29, 1.82) is 0 Å². The van der Waals surface area contributed by atoms with E-state index in [2.05, 4.69) is 15.3 Å². The van der Waals surface area contributed by atoms with Gasteiger partial charge in [-0.25, -0.2) is 5.43 Å². The van der Waals surface area contributed by atoms with E-state index in [9.17, 15) is 13.2 Å². The van der Waals surface area contributed by atoms with E-state index in [1.807, 2.05) is 0 Å². The number of methoxy groups -OCH3 is 1. The molecule has 1 unspecified atom stereocenters. The summed E-state index contributed by atoms with van der Waals surface area (Å²) >= 11 is 0. The maximum Gasteiger partial charge on any atom is 0.452 e. The van der Waals surface area contributed by atoms with Crippen LogP contribution < -0.4 is 10.9 Å². The molecule has 3 N–H and O–H groups in total. The third-order valence-corrected chi connectivity index (χ3v) is 1.41. The van der Waals surface area contributed by atoms with Gasteiger partial charge in [-0.2, -0.15) is 18.3 Å². The third kappa shape index (κ3) is 4.81. The summed E-state index contributed by atoms with van der Waals surface area (Å²) in [5.74, 6) is -1.24. The molecular formula is C6H13F3N4O2. The molecule has 1 atom stereocenters. The van der Waals surface area contributed by atoms with Crippen LogP contribution in [0.2, 0.25) is 0 Å². The summed E-state index contributed by atoms with van der Waals surface area (Å²) in [4.78, 5) is 0. The molecule has 0 saturated carbocycles. The van der Waals surface area contributed by atoms with Crippen LogP contribution in [0.1, 0.15) is 0 Å². The van der Waals surface area contributed by atoms with E-state index in [1.165, 1.54) is 7.05 Å². The van der Waals surface area contributed by atoms with Crippen molar-refractivity contribution >= 4 is 5.84 Å². The van der Waals surface area contributed by atoms with Crippen molar-refractivity contribution in [2.45, 2.75) is 12.6 Å². The van der Waals surface area contributed by atoms with Crippen LogP contribution in [0.25, 0.3) is 0 Å². The first kappa shape index (κ1) is 13.9. The molecule has 0 radical (unpaired) electrons. The summed E-state index contributed by atoms with van der Waals surface area (Å²) in [6.45, 7) is 0. The van der Waals surface area contributed by atoms with E-state index in [0.29, 0.717) is 5.01 Å². The Balaban J connectivity index is 4.64. The van der Waals surface area contributed by atoms with Crippen molar-refractivity contribution in [1.82, 2.24) is 15.9 Å². The number of hydrazone groups is 1. The fourth-order valence-corrected chi connectivity index (χ4v) is 0.604. The summed E-state index contributed by atoms with van der Waals surface area (Å²) in [5.41, 5.74) is 4.01. The second-order valence-electron chi connectivity index (χ2n) is 2.43. The predicted molar refractivity (Wildman–Crippen MR) is 46.5 cm³/mol. The summed E-state index contributed by atoms with van der Waals surface area (Å²) in [7, 11) is 3.55. The molecule has 0 saturated heterocycles. The van der Waals surface area contributed by atoms with Crippen LogP contribution in [0, 0.1) is 0 Å². The van der Waals surface area contributed by atoms with Gasteiger partial charge in [0.2, 0.25) is 12.2 Å². The molecule has 0 aliphatic rings. The second kappa shape index (κ2) is 5.73. The first-order chi connectivity index (χ1) is 6.82. The van der Waals surface area contributed by atoms with Crippen LogP contribution in [0.15, 0.2) is 5.10 Å². The molecule has 0 aromatic rings. The molecule has 0 bridgehead atoms. The van der Waals surface area contributed by atoms with Gasteiger partial charge in [0.15, 0.2) is 0 Å². The summed E-state index contributed by atoms with van der Waals surface area (Å²) in [5, 5.41) is 12.4. The Kier molecular flexibility index (Phi) is 5.33. The average Bonchev–Trinajstić information content (AvgIpc) is 2.15. The number of amidine groups is 1. The van der Waals surface area contributed by atoms with Crippen LogP contribution in [0.5, 0.6) is 0 Å². The highest BCUT2D eigenvalue weighted by Crippen LogP contribution is 2.17. The van der Waals surface area contributed by atoms with Crippen molar-refractivity contribution < 1.29 is 23.0 Å². The van der Waals surface area contributed by atoms with Crippen molar-refractivity contribution in [3.05, 3.63) is 0 Å². The number of ether oxygens (including phenoxy) is 1. The zero-order chi connectivity index (χ0) is 12.1. The van der Waals surface area contributed by atoms with E-state index in [-0.39, 0.29) is 0 Å². The lowest BCUT2D eigenvalue weighted by Crippen LogP contribution is -2.46. The quantitative estimate of drug-likeness (QED) is 0.261. The maximum atomic E-state index is 12.3. The highest BCUT2D eigenvalue weighted by molar-refractivity contribution is 5.86.